The average molecular weight is 176 g/mol. The van der Waals surface area contributed by atoms with E-state index in [0.29, 0.717) is 6.42 Å². The molecule has 1 aliphatic rings. The van der Waals surface area contributed by atoms with Crippen LogP contribution in [-0.4, -0.2) is 43.8 Å². The van der Waals surface area contributed by atoms with Gasteiger partial charge in [-0.05, 0) is 0 Å². The maximum Gasteiger partial charge on any atom is 0.332 e. The van der Waals surface area contributed by atoms with Crippen molar-refractivity contribution in [3.63, 3.8) is 0 Å². The van der Waals surface area contributed by atoms with Gasteiger partial charge in [0, 0.05) is 13.5 Å². The van der Waals surface area contributed by atoms with Crippen LogP contribution >= 0.6 is 0 Å². The summed E-state index contributed by atoms with van der Waals surface area (Å²) in [5, 5.41) is 8.90. The van der Waals surface area contributed by atoms with Gasteiger partial charge in [-0.1, -0.05) is 0 Å². The van der Waals surface area contributed by atoms with Gasteiger partial charge >= 0.3 is 5.97 Å². The maximum absolute atomic E-state index is 10.8. The van der Waals surface area contributed by atoms with Crippen molar-refractivity contribution < 1.29 is 24.1 Å². The molecule has 0 aromatic heterocycles. The minimum absolute atomic E-state index is 0.0629. The lowest BCUT2D eigenvalue weighted by Crippen LogP contribution is -2.21. The first-order valence-electron chi connectivity index (χ1n) is 3.70. The van der Waals surface area contributed by atoms with Crippen LogP contribution in [0.3, 0.4) is 0 Å². The molecular formula is C7H12O5. The highest BCUT2D eigenvalue weighted by atomic mass is 16.6. The van der Waals surface area contributed by atoms with Gasteiger partial charge in [0.25, 0.3) is 0 Å². The van der Waals surface area contributed by atoms with Crippen molar-refractivity contribution in [2.24, 2.45) is 0 Å². The molecule has 1 fully saturated rings. The molecule has 1 heterocycles. The number of carbonyl (C=O) groups excluding carboxylic acids is 1. The quantitative estimate of drug-likeness (QED) is 0.575. The molecule has 0 bridgehead atoms. The highest BCUT2D eigenvalue weighted by molar-refractivity contribution is 5.70. The van der Waals surface area contributed by atoms with Gasteiger partial charge in [-0.25, -0.2) is 4.79 Å². The Labute approximate surface area is 70.2 Å². The first-order chi connectivity index (χ1) is 5.72. The molecule has 12 heavy (non-hydrogen) atoms. The lowest BCUT2D eigenvalue weighted by molar-refractivity contribution is -0.153. The first-order valence-corrected chi connectivity index (χ1v) is 3.70. The Kier molecular flexibility index (Phi) is 3.46. The maximum atomic E-state index is 10.8. The predicted molar refractivity (Wildman–Crippen MR) is 38.3 cm³/mol. The van der Waals surface area contributed by atoms with Gasteiger partial charge in [-0.3, -0.25) is 0 Å². The predicted octanol–water partition coefficient (Wildman–Crippen LogP) is -0.717. The molecule has 2 atom stereocenters. The fraction of sp³-hybridized carbons (Fsp3) is 0.857. The second-order valence-electron chi connectivity index (χ2n) is 2.57. The zero-order valence-corrected chi connectivity index (χ0v) is 6.86. The van der Waals surface area contributed by atoms with Crippen LogP contribution in [0.25, 0.3) is 0 Å². The summed E-state index contributed by atoms with van der Waals surface area (Å²) in [6.45, 7) is 0.198. The zero-order chi connectivity index (χ0) is 8.97. The average Bonchev–Trinajstić information content (AvgIpc) is 2.36. The zero-order valence-electron chi connectivity index (χ0n) is 6.86. The molecule has 0 radical (unpaired) electrons. The van der Waals surface area contributed by atoms with E-state index in [0.717, 1.165) is 0 Å². The van der Waals surface area contributed by atoms with Crippen molar-refractivity contribution in [1.29, 1.82) is 0 Å². The van der Waals surface area contributed by atoms with E-state index < -0.39 is 12.3 Å². The molecule has 5 nitrogen and oxygen atoms in total. The molecule has 0 amide bonds. The molecule has 0 spiro atoms. The third-order valence-corrected chi connectivity index (χ3v) is 1.50. The molecule has 0 aromatic rings. The van der Waals surface area contributed by atoms with Crippen LogP contribution in [-0.2, 0) is 19.0 Å². The van der Waals surface area contributed by atoms with Crippen LogP contribution < -0.4 is 0 Å². The molecular weight excluding hydrogens is 164 g/mol. The Hall–Kier alpha value is -0.650. The number of carbonyl (C=O) groups is 1. The van der Waals surface area contributed by atoms with Gasteiger partial charge in [0.15, 0.2) is 6.29 Å². The standard InChI is InChI=1S/C7H12O5/c1-10-4-7(9)12-5-2-6(8)11-3-5/h5-6,8H,2-4H2,1H3. The van der Waals surface area contributed by atoms with Crippen molar-refractivity contribution in [3.05, 3.63) is 0 Å². The topological polar surface area (TPSA) is 65.0 Å². The minimum Gasteiger partial charge on any atom is -0.458 e. The molecule has 1 aliphatic heterocycles. The van der Waals surface area contributed by atoms with Crippen molar-refractivity contribution in [2.45, 2.75) is 18.8 Å². The Bertz CT molecular complexity index is 158. The molecule has 70 valence electrons. The molecule has 0 aliphatic carbocycles. The van der Waals surface area contributed by atoms with Crippen LogP contribution in [0, 0.1) is 0 Å². The summed E-state index contributed by atoms with van der Waals surface area (Å²) in [6.07, 6.45) is -0.789. The minimum atomic E-state index is -0.801. The van der Waals surface area contributed by atoms with E-state index in [1.165, 1.54) is 7.11 Å². The number of ether oxygens (including phenoxy) is 3. The monoisotopic (exact) mass is 176 g/mol. The molecule has 1 N–H and O–H groups in total. The van der Waals surface area contributed by atoms with E-state index in [4.69, 9.17) is 14.6 Å². The lowest BCUT2D eigenvalue weighted by Gasteiger charge is -2.08. The van der Waals surface area contributed by atoms with Crippen LogP contribution in [0.4, 0.5) is 0 Å². The number of hydrogen-bond acceptors (Lipinski definition) is 5. The summed E-state index contributed by atoms with van der Waals surface area (Å²) in [5.74, 6) is -0.430. The van der Waals surface area contributed by atoms with Crippen LogP contribution in [0.2, 0.25) is 0 Å². The highest BCUT2D eigenvalue weighted by Gasteiger charge is 2.26. The van der Waals surface area contributed by atoms with Gasteiger partial charge in [0.2, 0.25) is 0 Å². The number of esters is 1. The van der Waals surface area contributed by atoms with E-state index >= 15 is 0 Å². The first kappa shape index (κ1) is 9.44. The van der Waals surface area contributed by atoms with Gasteiger partial charge in [-0.2, -0.15) is 0 Å². The van der Waals surface area contributed by atoms with Gasteiger partial charge in [0.1, 0.15) is 12.7 Å². The Morgan fingerprint density at radius 3 is 3.00 bits per heavy atom. The number of rotatable bonds is 3. The number of methoxy groups -OCH3 is 1. The summed E-state index contributed by atoms with van der Waals surface area (Å²) in [6, 6.07) is 0. The summed E-state index contributed by atoms with van der Waals surface area (Å²) >= 11 is 0. The fourth-order valence-electron chi connectivity index (χ4n) is 0.999. The van der Waals surface area contributed by atoms with Gasteiger partial charge in [-0.15, -0.1) is 0 Å². The van der Waals surface area contributed by atoms with Crippen molar-refractivity contribution in [3.8, 4) is 0 Å². The number of hydrogen-bond donors (Lipinski definition) is 1. The molecule has 1 saturated heterocycles. The number of aliphatic hydroxyl groups excluding tert-OH is 1. The van der Waals surface area contributed by atoms with E-state index in [-0.39, 0.29) is 19.3 Å². The summed E-state index contributed by atoms with van der Waals surface area (Å²) in [4.78, 5) is 10.8. The van der Waals surface area contributed by atoms with Crippen LogP contribution in [0.5, 0.6) is 0 Å². The molecule has 0 aromatic carbocycles. The molecule has 5 heteroatoms. The third kappa shape index (κ3) is 2.77. The van der Waals surface area contributed by atoms with E-state index in [1.54, 1.807) is 0 Å². The largest absolute Gasteiger partial charge is 0.458 e. The van der Waals surface area contributed by atoms with Crippen LogP contribution in [0.15, 0.2) is 0 Å². The van der Waals surface area contributed by atoms with Crippen LogP contribution in [0.1, 0.15) is 6.42 Å². The normalized spacial score (nSPS) is 28.8. The Balaban J connectivity index is 2.18. The fourth-order valence-corrected chi connectivity index (χ4v) is 0.999. The Morgan fingerprint density at radius 1 is 1.75 bits per heavy atom. The lowest BCUT2D eigenvalue weighted by atomic mass is 10.3. The van der Waals surface area contributed by atoms with E-state index in [9.17, 15) is 4.79 Å². The number of aliphatic hydroxyl groups is 1. The second-order valence-corrected chi connectivity index (χ2v) is 2.57. The van der Waals surface area contributed by atoms with Gasteiger partial charge in [0.05, 0.1) is 6.61 Å². The summed E-state index contributed by atoms with van der Waals surface area (Å²) in [7, 11) is 1.42. The third-order valence-electron chi connectivity index (χ3n) is 1.50. The molecule has 0 saturated carbocycles. The SMILES string of the molecule is COCC(=O)OC1COC(O)C1. The van der Waals surface area contributed by atoms with E-state index in [1.807, 2.05) is 0 Å². The van der Waals surface area contributed by atoms with Crippen molar-refractivity contribution in [2.75, 3.05) is 20.3 Å². The molecule has 2 unspecified atom stereocenters. The highest BCUT2D eigenvalue weighted by Crippen LogP contribution is 2.13. The summed E-state index contributed by atoms with van der Waals surface area (Å²) < 4.78 is 14.2. The smallest absolute Gasteiger partial charge is 0.332 e. The summed E-state index contributed by atoms with van der Waals surface area (Å²) in [5.41, 5.74) is 0. The Morgan fingerprint density at radius 2 is 2.50 bits per heavy atom. The molecule has 1 rings (SSSR count). The second kappa shape index (κ2) is 4.39. The van der Waals surface area contributed by atoms with Crippen molar-refractivity contribution >= 4 is 5.97 Å². The van der Waals surface area contributed by atoms with Gasteiger partial charge < -0.3 is 19.3 Å². The van der Waals surface area contributed by atoms with Crippen molar-refractivity contribution in [1.82, 2.24) is 0 Å². The van der Waals surface area contributed by atoms with E-state index in [2.05, 4.69) is 4.74 Å².